The number of nitrogens with one attached hydrogen (secondary N) is 1. The summed E-state index contributed by atoms with van der Waals surface area (Å²) in [5.41, 5.74) is 1.95. The van der Waals surface area contributed by atoms with Crippen molar-refractivity contribution in [2.75, 3.05) is 19.8 Å². The minimum absolute atomic E-state index is 0.114. The molecular weight excluding hydrogens is 474 g/mol. The highest BCUT2D eigenvalue weighted by molar-refractivity contribution is 9.10. The van der Waals surface area contributed by atoms with Crippen LogP contribution in [0.1, 0.15) is 43.7 Å². The highest BCUT2D eigenvalue weighted by Gasteiger charge is 2.31. The molecule has 0 spiro atoms. The Bertz CT molecular complexity index is 920. The van der Waals surface area contributed by atoms with Crippen LogP contribution in [0.15, 0.2) is 41.0 Å². The van der Waals surface area contributed by atoms with Crippen LogP contribution in [0.25, 0.3) is 0 Å². The van der Waals surface area contributed by atoms with E-state index in [9.17, 15) is 9.59 Å². The van der Waals surface area contributed by atoms with E-state index in [4.69, 9.17) is 9.47 Å². The number of aromatic nitrogens is 1. The van der Waals surface area contributed by atoms with Gasteiger partial charge in [0, 0.05) is 29.8 Å². The second-order valence-corrected chi connectivity index (χ2v) is 8.79. The Morgan fingerprint density at radius 1 is 1.25 bits per heavy atom. The molecule has 0 radical (unpaired) electrons. The summed E-state index contributed by atoms with van der Waals surface area (Å²) in [6, 6.07) is 8.86. The maximum absolute atomic E-state index is 13.2. The fourth-order valence-corrected chi connectivity index (χ4v) is 3.87. The Balaban J connectivity index is 1.77. The number of benzene rings is 1. The number of hydrogen-bond acceptors (Lipinski definition) is 5. The van der Waals surface area contributed by atoms with Gasteiger partial charge >= 0.3 is 0 Å². The Morgan fingerprint density at radius 3 is 2.81 bits per heavy atom. The van der Waals surface area contributed by atoms with Gasteiger partial charge in [0.2, 0.25) is 11.8 Å². The number of halogens is 1. The number of nitrogens with zero attached hydrogens (tertiary/aromatic N) is 2. The van der Waals surface area contributed by atoms with E-state index in [1.165, 1.54) is 0 Å². The molecule has 1 aromatic carbocycles. The number of hydrogen-bond donors (Lipinski definition) is 1. The first-order valence-electron chi connectivity index (χ1n) is 11.0. The Morgan fingerprint density at radius 2 is 2.09 bits per heavy atom. The van der Waals surface area contributed by atoms with E-state index in [0.29, 0.717) is 32.0 Å². The van der Waals surface area contributed by atoms with E-state index in [1.54, 1.807) is 23.2 Å². The second-order valence-electron chi connectivity index (χ2n) is 7.88. The van der Waals surface area contributed by atoms with Gasteiger partial charge in [-0.15, -0.1) is 0 Å². The van der Waals surface area contributed by atoms with E-state index in [-0.39, 0.29) is 18.4 Å². The third-order valence-electron chi connectivity index (χ3n) is 5.30. The minimum atomic E-state index is -0.525. The summed E-state index contributed by atoms with van der Waals surface area (Å²) in [5, 5.41) is 2.93. The number of ether oxygens (including phenoxy) is 2. The first-order chi connectivity index (χ1) is 15.5. The molecule has 0 bridgehead atoms. The number of aryl methyl sites for hydroxylation is 1. The summed E-state index contributed by atoms with van der Waals surface area (Å²) in [4.78, 5) is 31.7. The SMILES string of the molecule is CCCOc1ccc(CN(C(=O)COc2ccc(Br)cn2)[C@H]2CCCCNC2=O)cc1C. The van der Waals surface area contributed by atoms with Gasteiger partial charge in [0.1, 0.15) is 11.8 Å². The largest absolute Gasteiger partial charge is 0.493 e. The molecule has 1 N–H and O–H groups in total. The van der Waals surface area contributed by atoms with Gasteiger partial charge in [-0.25, -0.2) is 4.98 Å². The van der Waals surface area contributed by atoms with Crippen molar-refractivity contribution in [2.45, 2.75) is 52.1 Å². The van der Waals surface area contributed by atoms with Crippen molar-refractivity contribution in [3.05, 3.63) is 52.1 Å². The van der Waals surface area contributed by atoms with Crippen LogP contribution < -0.4 is 14.8 Å². The van der Waals surface area contributed by atoms with Gasteiger partial charge in [-0.1, -0.05) is 19.1 Å². The molecule has 172 valence electrons. The zero-order valence-electron chi connectivity index (χ0n) is 18.6. The predicted molar refractivity (Wildman–Crippen MR) is 126 cm³/mol. The molecule has 2 aromatic rings. The first-order valence-corrected chi connectivity index (χ1v) is 11.8. The lowest BCUT2D eigenvalue weighted by molar-refractivity contribution is -0.142. The van der Waals surface area contributed by atoms with Crippen molar-refractivity contribution < 1.29 is 19.1 Å². The van der Waals surface area contributed by atoms with Crippen LogP contribution in [-0.4, -0.2) is 47.5 Å². The quantitative estimate of drug-likeness (QED) is 0.558. The summed E-state index contributed by atoms with van der Waals surface area (Å²) in [6.07, 6.45) is 4.97. The third kappa shape index (κ3) is 6.69. The molecule has 2 amide bonds. The monoisotopic (exact) mass is 503 g/mol. The van der Waals surface area contributed by atoms with Crippen molar-refractivity contribution in [1.29, 1.82) is 0 Å². The number of carbonyl (C=O) groups is 2. The van der Waals surface area contributed by atoms with Gasteiger partial charge in [0.05, 0.1) is 6.61 Å². The smallest absolute Gasteiger partial charge is 0.261 e. The molecule has 32 heavy (non-hydrogen) atoms. The molecule has 2 heterocycles. The van der Waals surface area contributed by atoms with Gasteiger partial charge in [-0.3, -0.25) is 9.59 Å². The van der Waals surface area contributed by atoms with Crippen molar-refractivity contribution in [2.24, 2.45) is 0 Å². The van der Waals surface area contributed by atoms with Crippen molar-refractivity contribution in [3.63, 3.8) is 0 Å². The molecule has 1 atom stereocenters. The second kappa shape index (κ2) is 11.9. The molecule has 3 rings (SSSR count). The molecule has 0 saturated carbocycles. The Hall–Kier alpha value is -2.61. The van der Waals surface area contributed by atoms with Crippen molar-refractivity contribution >= 4 is 27.7 Å². The van der Waals surface area contributed by atoms with Crippen LogP contribution in [0.4, 0.5) is 0 Å². The topological polar surface area (TPSA) is 80.8 Å². The van der Waals surface area contributed by atoms with E-state index < -0.39 is 6.04 Å². The van der Waals surface area contributed by atoms with E-state index >= 15 is 0 Å². The van der Waals surface area contributed by atoms with Crippen molar-refractivity contribution in [1.82, 2.24) is 15.2 Å². The Kier molecular flexibility index (Phi) is 8.90. The number of amides is 2. The number of rotatable bonds is 9. The van der Waals surface area contributed by atoms with Gasteiger partial charge < -0.3 is 19.7 Å². The fraction of sp³-hybridized carbons (Fsp3) is 0.458. The summed E-state index contributed by atoms with van der Waals surface area (Å²) < 4.78 is 12.2. The molecule has 8 heteroatoms. The molecule has 1 fully saturated rings. The van der Waals surface area contributed by atoms with Gasteiger partial charge in [-0.2, -0.15) is 0 Å². The third-order valence-corrected chi connectivity index (χ3v) is 5.77. The predicted octanol–water partition coefficient (Wildman–Crippen LogP) is 4.02. The number of carbonyl (C=O) groups excluding carboxylic acids is 2. The van der Waals surface area contributed by atoms with Crippen molar-refractivity contribution in [3.8, 4) is 11.6 Å². The molecule has 1 aliphatic rings. The fourth-order valence-electron chi connectivity index (χ4n) is 3.64. The van der Waals surface area contributed by atoms with Crippen LogP contribution in [0, 0.1) is 6.92 Å². The van der Waals surface area contributed by atoms with Crippen LogP contribution in [0.5, 0.6) is 11.6 Å². The molecule has 0 unspecified atom stereocenters. The molecule has 0 aliphatic carbocycles. The summed E-state index contributed by atoms with van der Waals surface area (Å²) in [7, 11) is 0. The van der Waals surface area contributed by atoms with E-state index in [1.807, 2.05) is 25.1 Å². The highest BCUT2D eigenvalue weighted by Crippen LogP contribution is 2.23. The molecule has 1 saturated heterocycles. The summed E-state index contributed by atoms with van der Waals surface area (Å²) >= 11 is 3.33. The molecule has 1 aliphatic heterocycles. The average molecular weight is 504 g/mol. The van der Waals surface area contributed by atoms with E-state index in [2.05, 4.69) is 33.2 Å². The van der Waals surface area contributed by atoms with Gasteiger partial charge in [-0.05, 0) is 71.8 Å². The normalized spacial score (nSPS) is 16.1. The van der Waals surface area contributed by atoms with Crippen LogP contribution >= 0.6 is 15.9 Å². The highest BCUT2D eigenvalue weighted by atomic mass is 79.9. The summed E-state index contributed by atoms with van der Waals surface area (Å²) in [6.45, 7) is 5.49. The standard InChI is InChI=1S/C24H30BrN3O4/c1-3-12-31-21-9-7-18(13-17(21)2)15-28(20-6-4-5-11-26-24(20)30)23(29)16-32-22-10-8-19(25)14-27-22/h7-10,13-14,20H,3-6,11-12,15-16H2,1-2H3,(H,26,30)/t20-/m0/s1. The van der Waals surface area contributed by atoms with Crippen LogP contribution in [0.2, 0.25) is 0 Å². The van der Waals surface area contributed by atoms with Crippen LogP contribution in [0.3, 0.4) is 0 Å². The molecular formula is C24H30BrN3O4. The lowest BCUT2D eigenvalue weighted by Crippen LogP contribution is -2.49. The van der Waals surface area contributed by atoms with Gasteiger partial charge in [0.15, 0.2) is 6.61 Å². The number of pyridine rings is 1. The first kappa shape index (κ1) is 24.0. The zero-order valence-corrected chi connectivity index (χ0v) is 20.2. The lowest BCUT2D eigenvalue weighted by Gasteiger charge is -2.30. The summed E-state index contributed by atoms with van der Waals surface area (Å²) in [5.74, 6) is 0.836. The lowest BCUT2D eigenvalue weighted by atomic mass is 10.1. The van der Waals surface area contributed by atoms with Gasteiger partial charge in [0.25, 0.3) is 5.91 Å². The zero-order chi connectivity index (χ0) is 22.9. The average Bonchev–Trinajstić information content (AvgIpc) is 3.00. The van der Waals surface area contributed by atoms with Crippen LogP contribution in [-0.2, 0) is 16.1 Å². The van der Waals surface area contributed by atoms with E-state index in [0.717, 1.165) is 40.6 Å². The maximum atomic E-state index is 13.2. The Labute approximate surface area is 197 Å². The molecule has 7 nitrogen and oxygen atoms in total. The minimum Gasteiger partial charge on any atom is -0.493 e. The maximum Gasteiger partial charge on any atom is 0.261 e. The molecule has 1 aromatic heterocycles.